The molecule has 148 valence electrons. The van der Waals surface area contributed by atoms with Crippen molar-refractivity contribution in [3.63, 3.8) is 0 Å². The molecule has 1 N–H and O–H groups in total. The molecule has 3 rings (SSSR count). The zero-order chi connectivity index (χ0) is 20.5. The minimum atomic E-state index is -3.35. The van der Waals surface area contributed by atoms with Crippen LogP contribution in [0.15, 0.2) is 47.3 Å². The molecule has 0 bridgehead atoms. The first kappa shape index (κ1) is 20.1. The van der Waals surface area contributed by atoms with E-state index >= 15 is 0 Å². The van der Waals surface area contributed by atoms with Crippen LogP contribution in [0, 0.1) is 0 Å². The number of nitrogens with one attached hydrogen (secondary N) is 1. The maximum absolute atomic E-state index is 12.5. The lowest BCUT2D eigenvalue weighted by atomic mass is 10.2. The number of sulfonamides is 1. The molecule has 1 aromatic heterocycles. The van der Waals surface area contributed by atoms with Gasteiger partial charge in [-0.2, -0.15) is 0 Å². The van der Waals surface area contributed by atoms with E-state index in [-0.39, 0.29) is 16.5 Å². The monoisotopic (exact) mass is 419 g/mol. The summed E-state index contributed by atoms with van der Waals surface area (Å²) in [4.78, 5) is 24.4. The summed E-state index contributed by atoms with van der Waals surface area (Å²) in [5.74, 6) is -0.311. The zero-order valence-electron chi connectivity index (χ0n) is 15.8. The molecule has 0 spiro atoms. The second kappa shape index (κ2) is 7.76. The quantitative estimate of drug-likeness (QED) is 0.665. The molecule has 0 saturated heterocycles. The molecular formula is C19H21N3O4S2. The fourth-order valence-corrected chi connectivity index (χ4v) is 4.65. The minimum absolute atomic E-state index is 0.0000404. The predicted molar refractivity (Wildman–Crippen MR) is 114 cm³/mol. The Morgan fingerprint density at radius 1 is 1.14 bits per heavy atom. The molecule has 2 aromatic carbocycles. The highest BCUT2D eigenvalue weighted by Crippen LogP contribution is 2.23. The number of aryl methyl sites for hydroxylation is 1. The lowest BCUT2D eigenvalue weighted by molar-refractivity contribution is 0.102. The third kappa shape index (κ3) is 3.81. The SMILES string of the molecule is CCn1c(=O)sc2cc(NC(=O)c3ccc(N(C)S(=O)(=O)CC)cc3)ccc21. The van der Waals surface area contributed by atoms with E-state index in [1.807, 2.05) is 13.0 Å². The Bertz CT molecular complexity index is 1180. The second-order valence-electron chi connectivity index (χ2n) is 6.16. The number of carbonyl (C=O) groups is 1. The van der Waals surface area contributed by atoms with Crippen molar-refractivity contribution < 1.29 is 13.2 Å². The van der Waals surface area contributed by atoms with E-state index in [2.05, 4.69) is 5.32 Å². The number of benzene rings is 2. The maximum Gasteiger partial charge on any atom is 0.308 e. The highest BCUT2D eigenvalue weighted by Gasteiger charge is 2.16. The number of hydrogen-bond donors (Lipinski definition) is 1. The Hall–Kier alpha value is -2.65. The van der Waals surface area contributed by atoms with Crippen LogP contribution in [0.5, 0.6) is 0 Å². The number of aromatic nitrogens is 1. The van der Waals surface area contributed by atoms with Crippen molar-refractivity contribution >= 4 is 48.9 Å². The first-order chi connectivity index (χ1) is 13.3. The molecule has 7 nitrogen and oxygen atoms in total. The third-order valence-electron chi connectivity index (χ3n) is 4.52. The van der Waals surface area contributed by atoms with Gasteiger partial charge in [0.15, 0.2) is 0 Å². The predicted octanol–water partition coefficient (Wildman–Crippen LogP) is 3.12. The van der Waals surface area contributed by atoms with E-state index < -0.39 is 10.0 Å². The van der Waals surface area contributed by atoms with Crippen molar-refractivity contribution in [3.05, 3.63) is 57.7 Å². The Balaban J connectivity index is 1.79. The summed E-state index contributed by atoms with van der Waals surface area (Å²) < 4.78 is 27.6. The number of thiazole rings is 1. The molecule has 3 aromatic rings. The summed E-state index contributed by atoms with van der Waals surface area (Å²) in [5, 5.41) is 2.81. The van der Waals surface area contributed by atoms with Crippen molar-refractivity contribution in [2.45, 2.75) is 20.4 Å². The van der Waals surface area contributed by atoms with Crippen LogP contribution < -0.4 is 14.5 Å². The van der Waals surface area contributed by atoms with Crippen molar-refractivity contribution in [1.82, 2.24) is 4.57 Å². The Labute approximate surface area is 167 Å². The van der Waals surface area contributed by atoms with Gasteiger partial charge in [0.2, 0.25) is 10.0 Å². The molecular weight excluding hydrogens is 398 g/mol. The van der Waals surface area contributed by atoms with Gasteiger partial charge in [0.1, 0.15) is 0 Å². The molecule has 9 heteroatoms. The number of carbonyl (C=O) groups excluding carboxylic acids is 1. The Morgan fingerprint density at radius 2 is 1.82 bits per heavy atom. The topological polar surface area (TPSA) is 88.5 Å². The summed E-state index contributed by atoms with van der Waals surface area (Å²) in [6, 6.07) is 11.7. The number of nitrogens with zero attached hydrogens (tertiary/aromatic N) is 2. The number of rotatable bonds is 6. The van der Waals surface area contributed by atoms with E-state index in [9.17, 15) is 18.0 Å². The van der Waals surface area contributed by atoms with Gasteiger partial charge in [-0.05, 0) is 56.3 Å². The Kier molecular flexibility index (Phi) is 5.57. The lowest BCUT2D eigenvalue weighted by Gasteiger charge is -2.18. The molecule has 28 heavy (non-hydrogen) atoms. The summed E-state index contributed by atoms with van der Waals surface area (Å²) >= 11 is 1.14. The number of amides is 1. The summed E-state index contributed by atoms with van der Waals surface area (Å²) in [7, 11) is -1.87. The molecule has 0 aliphatic rings. The van der Waals surface area contributed by atoms with Crippen LogP contribution in [0.2, 0.25) is 0 Å². The van der Waals surface area contributed by atoms with Gasteiger partial charge in [0.25, 0.3) is 5.91 Å². The summed E-state index contributed by atoms with van der Waals surface area (Å²) in [6.07, 6.45) is 0. The van der Waals surface area contributed by atoms with Crippen LogP contribution in [0.25, 0.3) is 10.2 Å². The van der Waals surface area contributed by atoms with Gasteiger partial charge in [-0.3, -0.25) is 18.5 Å². The molecule has 0 aliphatic heterocycles. The molecule has 0 radical (unpaired) electrons. The largest absolute Gasteiger partial charge is 0.322 e. The number of fused-ring (bicyclic) bond motifs is 1. The van der Waals surface area contributed by atoms with E-state index in [0.717, 1.165) is 21.6 Å². The standard InChI is InChI=1S/C19H21N3O4S2/c1-4-22-16-11-8-14(12-17(16)27-19(22)24)20-18(23)13-6-9-15(10-7-13)21(3)28(25,26)5-2/h6-12H,4-5H2,1-3H3,(H,20,23). The van der Waals surface area contributed by atoms with Gasteiger partial charge in [-0.1, -0.05) is 11.3 Å². The van der Waals surface area contributed by atoms with Crippen LogP contribution >= 0.6 is 11.3 Å². The lowest BCUT2D eigenvalue weighted by Crippen LogP contribution is -2.28. The maximum atomic E-state index is 12.5. The van der Waals surface area contributed by atoms with Crippen molar-refractivity contribution in [1.29, 1.82) is 0 Å². The zero-order valence-corrected chi connectivity index (χ0v) is 17.4. The highest BCUT2D eigenvalue weighted by molar-refractivity contribution is 7.92. The molecule has 1 heterocycles. The number of hydrogen-bond acceptors (Lipinski definition) is 5. The van der Waals surface area contributed by atoms with Crippen LogP contribution in [-0.2, 0) is 16.6 Å². The average Bonchev–Trinajstić information content (AvgIpc) is 3.01. The van der Waals surface area contributed by atoms with Crippen LogP contribution in [0.4, 0.5) is 11.4 Å². The van der Waals surface area contributed by atoms with Gasteiger partial charge in [-0.25, -0.2) is 8.42 Å². The molecule has 0 fully saturated rings. The molecule has 0 atom stereocenters. The van der Waals surface area contributed by atoms with E-state index in [0.29, 0.717) is 23.5 Å². The first-order valence-electron chi connectivity index (χ1n) is 8.78. The molecule has 0 saturated carbocycles. The van der Waals surface area contributed by atoms with Crippen LogP contribution in [0.3, 0.4) is 0 Å². The fourth-order valence-electron chi connectivity index (χ4n) is 2.82. The van der Waals surface area contributed by atoms with Gasteiger partial charge in [-0.15, -0.1) is 0 Å². The van der Waals surface area contributed by atoms with E-state index in [1.165, 1.54) is 11.4 Å². The second-order valence-corrected chi connectivity index (χ2v) is 9.45. The minimum Gasteiger partial charge on any atom is -0.322 e. The highest BCUT2D eigenvalue weighted by atomic mass is 32.2. The van der Waals surface area contributed by atoms with Crippen molar-refractivity contribution in [2.24, 2.45) is 0 Å². The van der Waals surface area contributed by atoms with Gasteiger partial charge < -0.3 is 5.32 Å². The van der Waals surface area contributed by atoms with Gasteiger partial charge in [0, 0.05) is 24.8 Å². The summed E-state index contributed by atoms with van der Waals surface area (Å²) in [5.41, 5.74) is 2.34. The smallest absolute Gasteiger partial charge is 0.308 e. The van der Waals surface area contributed by atoms with E-state index in [4.69, 9.17) is 0 Å². The van der Waals surface area contributed by atoms with Gasteiger partial charge >= 0.3 is 4.87 Å². The van der Waals surface area contributed by atoms with Crippen molar-refractivity contribution in [2.75, 3.05) is 22.4 Å². The Morgan fingerprint density at radius 3 is 2.43 bits per heavy atom. The first-order valence-corrected chi connectivity index (χ1v) is 11.2. The van der Waals surface area contributed by atoms with Gasteiger partial charge in [0.05, 0.1) is 21.7 Å². The molecule has 0 unspecified atom stereocenters. The van der Waals surface area contributed by atoms with E-state index in [1.54, 1.807) is 47.9 Å². The molecule has 1 amide bonds. The number of anilines is 2. The van der Waals surface area contributed by atoms with Crippen LogP contribution in [-0.4, -0.2) is 31.7 Å². The molecule has 0 aliphatic carbocycles. The fraction of sp³-hybridized carbons (Fsp3) is 0.263. The van der Waals surface area contributed by atoms with Crippen LogP contribution in [0.1, 0.15) is 24.2 Å². The van der Waals surface area contributed by atoms with Crippen molar-refractivity contribution in [3.8, 4) is 0 Å². The average molecular weight is 420 g/mol. The third-order valence-corrected chi connectivity index (χ3v) is 7.23. The normalized spacial score (nSPS) is 11.5. The summed E-state index contributed by atoms with van der Waals surface area (Å²) in [6.45, 7) is 4.09.